The molecule has 3 nitrogen and oxygen atoms in total. The highest BCUT2D eigenvalue weighted by atomic mass is 19.1. The van der Waals surface area contributed by atoms with Crippen LogP contribution in [-0.4, -0.2) is 42.7 Å². The lowest BCUT2D eigenvalue weighted by molar-refractivity contribution is 0.144. The second-order valence-electron chi connectivity index (χ2n) is 4.16. The van der Waals surface area contributed by atoms with Crippen LogP contribution in [0.15, 0.2) is 18.2 Å². The molecule has 1 atom stereocenters. The minimum Gasteiger partial charge on any atom is -0.314 e. The van der Waals surface area contributed by atoms with Crippen LogP contribution in [0.2, 0.25) is 0 Å². The van der Waals surface area contributed by atoms with E-state index in [1.165, 1.54) is 0 Å². The van der Waals surface area contributed by atoms with Gasteiger partial charge in [0.05, 0.1) is 11.7 Å². The van der Waals surface area contributed by atoms with E-state index in [2.05, 4.69) is 15.2 Å². The van der Waals surface area contributed by atoms with E-state index < -0.39 is 0 Å². The van der Waals surface area contributed by atoms with Crippen LogP contribution < -0.4 is 5.32 Å². The number of pyridine rings is 1. The van der Waals surface area contributed by atoms with Crippen LogP contribution in [0.3, 0.4) is 0 Å². The number of aromatic nitrogens is 1. The van der Waals surface area contributed by atoms with Gasteiger partial charge in [-0.25, -0.2) is 4.39 Å². The summed E-state index contributed by atoms with van der Waals surface area (Å²) in [6, 6.07) is 5.63. The minimum atomic E-state index is -0.365. The third kappa shape index (κ3) is 2.57. The lowest BCUT2D eigenvalue weighted by atomic mass is 10.1. The fourth-order valence-corrected chi connectivity index (χ4v) is 2.11. The number of alkyl halides is 1. The Morgan fingerprint density at radius 1 is 1.44 bits per heavy atom. The van der Waals surface area contributed by atoms with Crippen molar-refractivity contribution < 1.29 is 4.39 Å². The second-order valence-corrected chi connectivity index (χ2v) is 4.16. The molecule has 2 rings (SSSR count). The Hall–Kier alpha value is -1.00. The Bertz CT molecular complexity index is 337. The molecular formula is C12H18FN3. The van der Waals surface area contributed by atoms with Crippen molar-refractivity contribution in [2.75, 3.05) is 32.9 Å². The molecule has 0 spiro atoms. The Morgan fingerprint density at radius 2 is 2.19 bits per heavy atom. The summed E-state index contributed by atoms with van der Waals surface area (Å²) in [7, 11) is 0. The van der Waals surface area contributed by atoms with Gasteiger partial charge in [0.1, 0.15) is 6.67 Å². The number of hydrogen-bond acceptors (Lipinski definition) is 3. The molecule has 1 saturated heterocycles. The Morgan fingerprint density at radius 3 is 2.81 bits per heavy atom. The summed E-state index contributed by atoms with van der Waals surface area (Å²) in [6.45, 7) is 5.23. The average Bonchev–Trinajstić information content (AvgIpc) is 2.31. The molecular weight excluding hydrogens is 205 g/mol. The fourth-order valence-electron chi connectivity index (χ4n) is 2.11. The van der Waals surface area contributed by atoms with Crippen LogP contribution in [0.1, 0.15) is 17.4 Å². The van der Waals surface area contributed by atoms with E-state index in [1.54, 1.807) is 0 Å². The maximum atomic E-state index is 13.2. The molecule has 0 bridgehead atoms. The predicted molar refractivity (Wildman–Crippen MR) is 62.1 cm³/mol. The van der Waals surface area contributed by atoms with Gasteiger partial charge >= 0.3 is 0 Å². The Kier molecular flexibility index (Phi) is 3.85. The van der Waals surface area contributed by atoms with Crippen LogP contribution >= 0.6 is 0 Å². The van der Waals surface area contributed by atoms with Crippen LogP contribution in [0, 0.1) is 6.92 Å². The monoisotopic (exact) mass is 223 g/mol. The Balaban J connectivity index is 2.14. The SMILES string of the molecule is Cc1cccc([C@@H](CF)N2CCNCC2)n1. The molecule has 0 amide bonds. The lowest BCUT2D eigenvalue weighted by Gasteiger charge is -2.33. The number of nitrogens with one attached hydrogen (secondary N) is 1. The normalized spacial score (nSPS) is 19.6. The van der Waals surface area contributed by atoms with Gasteiger partial charge in [0.25, 0.3) is 0 Å². The fraction of sp³-hybridized carbons (Fsp3) is 0.583. The highest BCUT2D eigenvalue weighted by Gasteiger charge is 2.22. The molecule has 88 valence electrons. The van der Waals surface area contributed by atoms with Crippen molar-refractivity contribution in [1.29, 1.82) is 0 Å². The quantitative estimate of drug-likeness (QED) is 0.837. The van der Waals surface area contributed by atoms with Crippen LogP contribution in [0.25, 0.3) is 0 Å². The highest BCUT2D eigenvalue weighted by Crippen LogP contribution is 2.20. The highest BCUT2D eigenvalue weighted by molar-refractivity contribution is 5.14. The van der Waals surface area contributed by atoms with Gasteiger partial charge in [0.2, 0.25) is 0 Å². The molecule has 0 aromatic carbocycles. The molecule has 1 aliphatic heterocycles. The van der Waals surface area contributed by atoms with E-state index in [0.29, 0.717) is 0 Å². The molecule has 0 radical (unpaired) electrons. The van der Waals surface area contributed by atoms with Crippen molar-refractivity contribution in [2.45, 2.75) is 13.0 Å². The van der Waals surface area contributed by atoms with Crippen molar-refractivity contribution in [2.24, 2.45) is 0 Å². The van der Waals surface area contributed by atoms with Gasteiger partial charge in [0, 0.05) is 31.9 Å². The Labute approximate surface area is 95.7 Å². The molecule has 1 aliphatic rings. The number of nitrogens with zero attached hydrogens (tertiary/aromatic N) is 2. The topological polar surface area (TPSA) is 28.2 Å². The van der Waals surface area contributed by atoms with E-state index in [4.69, 9.17) is 0 Å². The first kappa shape index (κ1) is 11.5. The molecule has 1 N–H and O–H groups in total. The zero-order chi connectivity index (χ0) is 11.4. The summed E-state index contributed by atoms with van der Waals surface area (Å²) in [5.41, 5.74) is 1.80. The second kappa shape index (κ2) is 5.37. The molecule has 0 saturated carbocycles. The summed E-state index contributed by atoms with van der Waals surface area (Å²) < 4.78 is 13.2. The van der Waals surface area contributed by atoms with Gasteiger partial charge in [-0.2, -0.15) is 0 Å². The van der Waals surface area contributed by atoms with Crippen molar-refractivity contribution >= 4 is 0 Å². The maximum absolute atomic E-state index is 13.2. The van der Waals surface area contributed by atoms with Crippen molar-refractivity contribution in [3.63, 3.8) is 0 Å². The van der Waals surface area contributed by atoms with Gasteiger partial charge in [-0.05, 0) is 19.1 Å². The van der Waals surface area contributed by atoms with Gasteiger partial charge in [-0.1, -0.05) is 6.07 Å². The van der Waals surface area contributed by atoms with Gasteiger partial charge in [-0.3, -0.25) is 9.88 Å². The molecule has 4 heteroatoms. The maximum Gasteiger partial charge on any atom is 0.111 e. The zero-order valence-electron chi connectivity index (χ0n) is 9.62. The van der Waals surface area contributed by atoms with Crippen LogP contribution in [0.5, 0.6) is 0 Å². The molecule has 1 aromatic rings. The molecule has 2 heterocycles. The molecule has 0 aliphatic carbocycles. The number of aryl methyl sites for hydroxylation is 1. The predicted octanol–water partition coefficient (Wildman–Crippen LogP) is 1.31. The van der Waals surface area contributed by atoms with Gasteiger partial charge in [-0.15, -0.1) is 0 Å². The third-order valence-electron chi connectivity index (χ3n) is 2.99. The summed E-state index contributed by atoms with van der Waals surface area (Å²) >= 11 is 0. The molecule has 1 aromatic heterocycles. The largest absolute Gasteiger partial charge is 0.314 e. The van der Waals surface area contributed by atoms with E-state index >= 15 is 0 Å². The first-order valence-electron chi connectivity index (χ1n) is 5.75. The summed E-state index contributed by atoms with van der Waals surface area (Å²) in [6.07, 6.45) is 0. The van der Waals surface area contributed by atoms with Crippen LogP contribution in [-0.2, 0) is 0 Å². The first-order valence-corrected chi connectivity index (χ1v) is 5.75. The number of rotatable bonds is 3. The number of piperazine rings is 1. The number of hydrogen-bond donors (Lipinski definition) is 1. The number of halogens is 1. The van der Waals surface area contributed by atoms with Gasteiger partial charge < -0.3 is 5.32 Å². The molecule has 1 fully saturated rings. The third-order valence-corrected chi connectivity index (χ3v) is 2.99. The summed E-state index contributed by atoms with van der Waals surface area (Å²) in [4.78, 5) is 6.58. The van der Waals surface area contributed by atoms with Gasteiger partial charge in [0.15, 0.2) is 0 Å². The minimum absolute atomic E-state index is 0.179. The van der Waals surface area contributed by atoms with Crippen molar-refractivity contribution in [1.82, 2.24) is 15.2 Å². The summed E-state index contributed by atoms with van der Waals surface area (Å²) in [5.74, 6) is 0. The zero-order valence-corrected chi connectivity index (χ0v) is 9.62. The van der Waals surface area contributed by atoms with E-state index in [-0.39, 0.29) is 12.7 Å². The van der Waals surface area contributed by atoms with Crippen molar-refractivity contribution in [3.8, 4) is 0 Å². The molecule has 16 heavy (non-hydrogen) atoms. The average molecular weight is 223 g/mol. The standard InChI is InChI=1S/C12H18FN3/c1-10-3-2-4-11(15-10)12(9-13)16-7-5-14-6-8-16/h2-4,12,14H,5-9H2,1H3/t12-/m1/s1. The van der Waals surface area contributed by atoms with E-state index in [9.17, 15) is 4.39 Å². The van der Waals surface area contributed by atoms with Crippen molar-refractivity contribution in [3.05, 3.63) is 29.6 Å². The van der Waals surface area contributed by atoms with Crippen LogP contribution in [0.4, 0.5) is 4.39 Å². The van der Waals surface area contributed by atoms with E-state index in [0.717, 1.165) is 37.6 Å². The summed E-state index contributed by atoms with van der Waals surface area (Å²) in [5, 5.41) is 3.27. The van der Waals surface area contributed by atoms with E-state index in [1.807, 2.05) is 25.1 Å². The molecule has 0 unspecified atom stereocenters. The lowest BCUT2D eigenvalue weighted by Crippen LogP contribution is -2.45. The smallest absolute Gasteiger partial charge is 0.111 e. The first-order chi connectivity index (χ1) is 7.81.